The van der Waals surface area contributed by atoms with Gasteiger partial charge in [-0.2, -0.15) is 0 Å². The van der Waals surface area contributed by atoms with Crippen molar-refractivity contribution in [1.82, 2.24) is 4.90 Å². The topological polar surface area (TPSA) is 103 Å². The zero-order chi connectivity index (χ0) is 29.2. The highest BCUT2D eigenvalue weighted by Crippen LogP contribution is 2.63. The quantitative estimate of drug-likeness (QED) is 0.486. The third-order valence-corrected chi connectivity index (χ3v) is 10.2. The van der Waals surface area contributed by atoms with Crippen LogP contribution in [0.1, 0.15) is 51.7 Å². The van der Waals surface area contributed by atoms with Crippen LogP contribution in [0.3, 0.4) is 0 Å². The maximum Gasteiger partial charge on any atom is 0.513 e. The summed E-state index contributed by atoms with van der Waals surface area (Å²) in [5.41, 5.74) is 2.24. The predicted molar refractivity (Wildman–Crippen MR) is 145 cm³/mol. The van der Waals surface area contributed by atoms with Crippen molar-refractivity contribution in [3.05, 3.63) is 35.1 Å². The average molecular weight is 586 g/mol. The number of hydrogen-bond acceptors (Lipinski definition) is 11. The number of nitrogens with zero attached hydrogens (tertiary/aromatic N) is 1. The summed E-state index contributed by atoms with van der Waals surface area (Å²) < 4.78 is 54.5. The first kappa shape index (κ1) is 27.2. The zero-order valence-corrected chi connectivity index (χ0v) is 24.9. The molecule has 2 aliphatic carbocycles. The van der Waals surface area contributed by atoms with E-state index in [1.54, 1.807) is 7.11 Å². The molecule has 7 aliphatic rings. The molecule has 11 nitrogen and oxygen atoms in total. The lowest BCUT2D eigenvalue weighted by molar-refractivity contribution is -0.240. The minimum Gasteiger partial charge on any atom is -0.493 e. The Kier molecular flexibility index (Phi) is 5.86. The van der Waals surface area contributed by atoms with Gasteiger partial charge >= 0.3 is 6.16 Å². The van der Waals surface area contributed by atoms with Crippen molar-refractivity contribution in [2.75, 3.05) is 27.3 Å². The Morgan fingerprint density at radius 3 is 2.62 bits per heavy atom. The number of methoxy groups -OCH3 is 1. The highest BCUT2D eigenvalue weighted by Gasteiger charge is 2.65. The maximum atomic E-state index is 13.2. The fourth-order valence-electron chi connectivity index (χ4n) is 8.67. The molecule has 9 atom stereocenters. The molecule has 5 heterocycles. The number of hydrogen-bond donors (Lipinski definition) is 0. The molecule has 42 heavy (non-hydrogen) atoms. The Hall–Kier alpha value is -2.41. The summed E-state index contributed by atoms with van der Waals surface area (Å²) in [4.78, 5) is 15.7. The molecule has 1 aromatic carbocycles. The largest absolute Gasteiger partial charge is 0.513 e. The summed E-state index contributed by atoms with van der Waals surface area (Å²) in [6, 6.07) is 4.54. The summed E-state index contributed by atoms with van der Waals surface area (Å²) in [6.45, 7) is 8.19. The molecule has 1 spiro atoms. The number of ether oxygens (including phenoxy) is 9. The lowest BCUT2D eigenvalue weighted by Gasteiger charge is -2.56. The number of carbonyl (C=O) groups excluding carboxylic acids is 1. The highest BCUT2D eigenvalue weighted by atomic mass is 16.9. The number of likely N-dealkylation sites (N-methyl/N-ethyl adjacent to an activating group) is 1. The summed E-state index contributed by atoms with van der Waals surface area (Å²) in [7, 11) is 3.86. The summed E-state index contributed by atoms with van der Waals surface area (Å²) >= 11 is 0. The lowest BCUT2D eigenvalue weighted by atomic mass is 9.53. The van der Waals surface area contributed by atoms with Crippen molar-refractivity contribution >= 4 is 6.16 Å². The molecule has 228 valence electrons. The fourth-order valence-corrected chi connectivity index (χ4v) is 8.67. The van der Waals surface area contributed by atoms with E-state index in [4.69, 9.17) is 42.6 Å². The van der Waals surface area contributed by atoms with Gasteiger partial charge in [0.15, 0.2) is 35.5 Å². The monoisotopic (exact) mass is 585 g/mol. The van der Waals surface area contributed by atoms with Crippen LogP contribution in [-0.4, -0.2) is 92.8 Å². The standard InChI is InChI=1S/C31H39NO10/c1-29(2)39-23-20(36-27-25(24(23)40-29)41-30(3,4)42-27)14-35-28(33)37-19-10-8-16-17-13-15-7-9-18(34-6)22-21(15)31(16,26(19)38-22)11-12-32(17)5/h7,9-10,16-17,20,23-27H,8,11-14H2,1-6H3/t16?,17-,20-,23+,24+,25-,26?,27-,31+/m1/s1. The third kappa shape index (κ3) is 3.83. The van der Waals surface area contributed by atoms with E-state index in [-0.39, 0.29) is 12.0 Å². The Balaban J connectivity index is 1.01. The molecule has 2 bridgehead atoms. The van der Waals surface area contributed by atoms with E-state index < -0.39 is 54.5 Å². The first-order chi connectivity index (χ1) is 20.0. The Morgan fingerprint density at radius 1 is 1.05 bits per heavy atom. The Labute approximate surface area is 245 Å². The van der Waals surface area contributed by atoms with Crippen LogP contribution in [0.25, 0.3) is 0 Å². The minimum atomic E-state index is -0.841. The van der Waals surface area contributed by atoms with Crippen LogP contribution in [0.15, 0.2) is 24.0 Å². The maximum absolute atomic E-state index is 13.2. The lowest BCUT2D eigenvalue weighted by Crippen LogP contribution is -2.63. The summed E-state index contributed by atoms with van der Waals surface area (Å²) in [6.07, 6.45) is 0.750. The van der Waals surface area contributed by atoms with E-state index in [0.717, 1.165) is 31.6 Å². The molecule has 2 unspecified atom stereocenters. The van der Waals surface area contributed by atoms with Gasteiger partial charge in [-0.15, -0.1) is 0 Å². The summed E-state index contributed by atoms with van der Waals surface area (Å²) in [5, 5.41) is 0. The molecule has 8 rings (SSSR count). The van der Waals surface area contributed by atoms with E-state index in [1.807, 2.05) is 39.8 Å². The van der Waals surface area contributed by atoms with Crippen LogP contribution in [0.5, 0.6) is 11.5 Å². The zero-order valence-electron chi connectivity index (χ0n) is 24.9. The van der Waals surface area contributed by atoms with E-state index in [1.165, 1.54) is 11.1 Å². The van der Waals surface area contributed by atoms with Gasteiger partial charge in [0.05, 0.1) is 7.11 Å². The van der Waals surface area contributed by atoms with Crippen LogP contribution in [0.4, 0.5) is 4.79 Å². The predicted octanol–water partition coefficient (Wildman–Crippen LogP) is 3.41. The number of fused-ring (bicyclic) bond motifs is 3. The SMILES string of the molecule is COc1ccc2c3c1OC1C(OC(=O)OC[C@H]4O[C@@H]5OC(C)(C)O[C@@H]5[C@H]5OC(C)(C)O[C@H]54)=CCC4[C@@H](C2)N(C)CC[C@]314. The van der Waals surface area contributed by atoms with E-state index in [0.29, 0.717) is 23.5 Å². The highest BCUT2D eigenvalue weighted by molar-refractivity contribution is 5.65. The molecule has 4 saturated heterocycles. The van der Waals surface area contributed by atoms with Crippen LogP contribution in [0, 0.1) is 5.92 Å². The number of benzene rings is 1. The molecule has 0 N–H and O–H groups in total. The van der Waals surface area contributed by atoms with Crippen molar-refractivity contribution in [3.8, 4) is 11.5 Å². The first-order valence-corrected chi connectivity index (χ1v) is 15.0. The van der Waals surface area contributed by atoms with Gasteiger partial charge in [-0.25, -0.2) is 4.79 Å². The Bertz CT molecular complexity index is 1340. The van der Waals surface area contributed by atoms with E-state index >= 15 is 0 Å². The smallest absolute Gasteiger partial charge is 0.493 e. The van der Waals surface area contributed by atoms with Gasteiger partial charge in [0.1, 0.15) is 36.8 Å². The minimum absolute atomic E-state index is 0.0932. The molecule has 1 aromatic rings. The second-order valence-corrected chi connectivity index (χ2v) is 13.5. The van der Waals surface area contributed by atoms with E-state index in [9.17, 15) is 4.79 Å². The van der Waals surface area contributed by atoms with Gasteiger partial charge < -0.3 is 47.5 Å². The molecule has 0 saturated carbocycles. The van der Waals surface area contributed by atoms with Gasteiger partial charge in [0.25, 0.3) is 0 Å². The van der Waals surface area contributed by atoms with Crippen LogP contribution >= 0.6 is 0 Å². The average Bonchev–Trinajstić information content (AvgIpc) is 3.56. The Morgan fingerprint density at radius 2 is 1.81 bits per heavy atom. The molecule has 0 radical (unpaired) electrons. The van der Waals surface area contributed by atoms with Crippen LogP contribution in [-0.2, 0) is 45.0 Å². The third-order valence-electron chi connectivity index (χ3n) is 10.2. The molecule has 4 fully saturated rings. The first-order valence-electron chi connectivity index (χ1n) is 15.0. The molecular weight excluding hydrogens is 546 g/mol. The van der Waals surface area contributed by atoms with Crippen molar-refractivity contribution in [2.45, 2.75) is 107 Å². The second-order valence-electron chi connectivity index (χ2n) is 13.5. The van der Waals surface area contributed by atoms with Crippen molar-refractivity contribution in [1.29, 1.82) is 0 Å². The fraction of sp³-hybridized carbons (Fsp3) is 0.710. The molecule has 11 heteroatoms. The van der Waals surface area contributed by atoms with Gasteiger partial charge in [0.2, 0.25) is 0 Å². The van der Waals surface area contributed by atoms with Crippen molar-refractivity contribution in [3.63, 3.8) is 0 Å². The van der Waals surface area contributed by atoms with Crippen molar-refractivity contribution < 1.29 is 47.4 Å². The normalized spacial score (nSPS) is 41.6. The molecule has 0 amide bonds. The van der Waals surface area contributed by atoms with Gasteiger partial charge in [0, 0.05) is 17.0 Å². The van der Waals surface area contributed by atoms with Crippen molar-refractivity contribution in [2.24, 2.45) is 5.92 Å². The molecular formula is C31H39NO10. The van der Waals surface area contributed by atoms with Crippen LogP contribution in [0.2, 0.25) is 0 Å². The second kappa shape index (κ2) is 9.06. The number of piperidine rings is 1. The molecule has 5 aliphatic heterocycles. The molecule has 0 aromatic heterocycles. The van der Waals surface area contributed by atoms with Crippen LogP contribution < -0.4 is 9.47 Å². The summed E-state index contributed by atoms with van der Waals surface area (Å²) in [5.74, 6) is 0.655. The van der Waals surface area contributed by atoms with Gasteiger partial charge in [-0.05, 0) is 84.2 Å². The van der Waals surface area contributed by atoms with E-state index in [2.05, 4.69) is 18.0 Å². The van der Waals surface area contributed by atoms with Gasteiger partial charge in [-0.1, -0.05) is 6.07 Å². The number of likely N-dealkylation sites (tertiary alicyclic amines) is 1. The number of rotatable bonds is 4. The number of allylic oxidation sites excluding steroid dienone is 1. The number of carbonyl (C=O) groups is 1. The van der Waals surface area contributed by atoms with Gasteiger partial charge in [-0.3, -0.25) is 0 Å².